The van der Waals surface area contributed by atoms with Gasteiger partial charge in [-0.15, -0.1) is 13.8 Å². The predicted octanol–water partition coefficient (Wildman–Crippen LogP) is 6.38. The molecular formula is C36H51LiNO3P. The second kappa shape index (κ2) is 22.0. The zero-order valence-corrected chi connectivity index (χ0v) is 27.7. The molecule has 0 saturated carbocycles. The van der Waals surface area contributed by atoms with Gasteiger partial charge in [-0.05, 0) is 61.0 Å². The van der Waals surface area contributed by atoms with E-state index in [2.05, 4.69) is 107 Å². The van der Waals surface area contributed by atoms with Crippen LogP contribution in [0.4, 0.5) is 5.69 Å². The Balaban J connectivity index is 0.000000309. The predicted molar refractivity (Wildman–Crippen MR) is 177 cm³/mol. The van der Waals surface area contributed by atoms with Gasteiger partial charge in [0.25, 0.3) is 0 Å². The second-order valence-electron chi connectivity index (χ2n) is 11.1. The summed E-state index contributed by atoms with van der Waals surface area (Å²) in [6.45, 7) is 15.0. The molecule has 3 aliphatic heterocycles. The van der Waals surface area contributed by atoms with Gasteiger partial charge in [-0.25, -0.2) is 0 Å². The van der Waals surface area contributed by atoms with Crippen LogP contribution in [-0.2, 0) is 14.2 Å². The van der Waals surface area contributed by atoms with E-state index < -0.39 is 8.07 Å². The van der Waals surface area contributed by atoms with E-state index in [1.54, 1.807) is 0 Å². The van der Waals surface area contributed by atoms with Gasteiger partial charge in [0.1, 0.15) is 0 Å². The van der Waals surface area contributed by atoms with Crippen molar-refractivity contribution >= 4 is 24.4 Å². The molecule has 3 fully saturated rings. The smallest absolute Gasteiger partial charge is 0.652 e. The molecule has 3 heterocycles. The third-order valence-electron chi connectivity index (χ3n) is 7.03. The van der Waals surface area contributed by atoms with E-state index in [-0.39, 0.29) is 18.9 Å². The quantitative estimate of drug-likeness (QED) is 0.250. The Hall–Kier alpha value is -1.63. The summed E-state index contributed by atoms with van der Waals surface area (Å²) in [5.74, 6) is 0.909. The van der Waals surface area contributed by atoms with Crippen LogP contribution in [0.5, 0.6) is 0 Å². The number of hydrogen-bond donors (Lipinski definition) is 0. The fourth-order valence-corrected chi connectivity index (χ4v) is 6.53. The van der Waals surface area contributed by atoms with Crippen LogP contribution in [0.3, 0.4) is 0 Å². The molecule has 0 radical (unpaired) electrons. The van der Waals surface area contributed by atoms with Crippen LogP contribution >= 0.6 is 8.07 Å². The molecule has 0 N–H and O–H groups in total. The minimum Gasteiger partial charge on any atom is -0.652 e. The summed E-state index contributed by atoms with van der Waals surface area (Å²) in [4.78, 5) is 0. The molecule has 0 amide bonds. The molecule has 0 spiro atoms. The second-order valence-corrected chi connectivity index (χ2v) is 13.0. The Labute approximate surface area is 269 Å². The summed E-state index contributed by atoms with van der Waals surface area (Å²) in [7, 11) is -0.784. The molecule has 6 rings (SSSR count). The van der Waals surface area contributed by atoms with Gasteiger partial charge >= 0.3 is 18.9 Å². The van der Waals surface area contributed by atoms with Crippen LogP contribution in [0.25, 0.3) is 5.09 Å². The number of rotatable bonds is 6. The SMILES string of the molecule is C1CCOC1.C1CCOC1.C1CCOC1.CC(C)c1cccc(C(C)C)c1[N-]P(c1ccccc1)c1ccccc1.[Li+]. The molecule has 0 aliphatic carbocycles. The van der Waals surface area contributed by atoms with Gasteiger partial charge in [0, 0.05) is 39.6 Å². The van der Waals surface area contributed by atoms with Crippen molar-refractivity contribution in [3.05, 3.63) is 95.1 Å². The number of benzene rings is 3. The van der Waals surface area contributed by atoms with E-state index in [9.17, 15) is 0 Å². The van der Waals surface area contributed by atoms with E-state index >= 15 is 0 Å². The molecule has 6 heteroatoms. The molecule has 3 saturated heterocycles. The zero-order chi connectivity index (χ0) is 29.1. The Morgan fingerprint density at radius 1 is 0.500 bits per heavy atom. The van der Waals surface area contributed by atoms with Crippen molar-refractivity contribution in [1.29, 1.82) is 0 Å². The van der Waals surface area contributed by atoms with E-state index in [1.807, 2.05) is 0 Å². The van der Waals surface area contributed by atoms with Crippen molar-refractivity contribution < 1.29 is 33.1 Å². The van der Waals surface area contributed by atoms with E-state index in [1.165, 1.54) is 65.9 Å². The van der Waals surface area contributed by atoms with Gasteiger partial charge in [0.05, 0.1) is 0 Å². The van der Waals surface area contributed by atoms with Gasteiger partial charge in [-0.2, -0.15) is 0 Å². The van der Waals surface area contributed by atoms with Crippen LogP contribution in [0.15, 0.2) is 78.9 Å². The monoisotopic (exact) mass is 583 g/mol. The summed E-state index contributed by atoms with van der Waals surface area (Å²) >= 11 is 0. The minimum absolute atomic E-state index is 0. The van der Waals surface area contributed by atoms with Gasteiger partial charge in [-0.1, -0.05) is 118 Å². The number of nitrogens with zero attached hydrogens (tertiary/aromatic N) is 1. The standard InChI is InChI=1S/C24H27NP.3C4H8O.Li/c1-18(2)22-16-11-17-23(19(3)4)24(22)25-26(20-12-7-5-8-13-20)21-14-9-6-10-15-21;3*1-2-4-5-3-1;/h5-19H,1-4H3;3*1-4H2;/q-1;;;;+1. The van der Waals surface area contributed by atoms with Crippen LogP contribution < -0.4 is 29.5 Å². The number of ether oxygens (including phenoxy) is 3. The molecule has 3 aliphatic rings. The van der Waals surface area contributed by atoms with E-state index in [0.29, 0.717) is 11.8 Å². The molecule has 0 unspecified atom stereocenters. The van der Waals surface area contributed by atoms with Crippen molar-refractivity contribution in [2.45, 2.75) is 78.1 Å². The molecule has 42 heavy (non-hydrogen) atoms. The van der Waals surface area contributed by atoms with Crippen molar-refractivity contribution in [2.24, 2.45) is 0 Å². The van der Waals surface area contributed by atoms with Crippen molar-refractivity contribution in [1.82, 2.24) is 0 Å². The Kier molecular flexibility index (Phi) is 19.1. The molecule has 0 bridgehead atoms. The fraction of sp³-hybridized carbons (Fsp3) is 0.500. The van der Waals surface area contributed by atoms with E-state index in [0.717, 1.165) is 39.6 Å². The zero-order valence-electron chi connectivity index (χ0n) is 26.8. The first-order valence-electron chi connectivity index (χ1n) is 15.6. The fourth-order valence-electron chi connectivity index (χ4n) is 4.66. The third-order valence-corrected chi connectivity index (χ3v) is 9.00. The summed E-state index contributed by atoms with van der Waals surface area (Å²) in [5.41, 5.74) is 3.88. The molecule has 224 valence electrons. The minimum atomic E-state index is -0.784. The van der Waals surface area contributed by atoms with Crippen molar-refractivity contribution in [3.63, 3.8) is 0 Å². The molecule has 0 atom stereocenters. The van der Waals surface area contributed by atoms with Crippen LogP contribution in [0.2, 0.25) is 0 Å². The maximum absolute atomic E-state index is 5.41. The first kappa shape index (κ1) is 36.6. The normalized spacial score (nSPS) is 15.6. The largest absolute Gasteiger partial charge is 1.00 e. The van der Waals surface area contributed by atoms with Gasteiger partial charge < -0.3 is 19.3 Å². The molecule has 3 aromatic carbocycles. The molecular weight excluding hydrogens is 532 g/mol. The van der Waals surface area contributed by atoms with Gasteiger partial charge in [0.15, 0.2) is 0 Å². The first-order valence-corrected chi connectivity index (χ1v) is 16.8. The topological polar surface area (TPSA) is 41.8 Å². The summed E-state index contributed by atoms with van der Waals surface area (Å²) in [6, 6.07) is 28.1. The van der Waals surface area contributed by atoms with E-state index in [4.69, 9.17) is 19.3 Å². The van der Waals surface area contributed by atoms with Crippen molar-refractivity contribution in [2.75, 3.05) is 39.6 Å². The maximum atomic E-state index is 5.41. The Morgan fingerprint density at radius 2 is 0.833 bits per heavy atom. The van der Waals surface area contributed by atoms with Crippen LogP contribution in [0.1, 0.15) is 89.2 Å². The maximum Gasteiger partial charge on any atom is 1.00 e. The first-order chi connectivity index (χ1) is 20.1. The van der Waals surface area contributed by atoms with Crippen LogP contribution in [0, 0.1) is 0 Å². The summed E-state index contributed by atoms with van der Waals surface area (Å²) in [6.07, 6.45) is 7.67. The molecule has 4 nitrogen and oxygen atoms in total. The summed E-state index contributed by atoms with van der Waals surface area (Å²) in [5, 5.41) is 7.99. The Morgan fingerprint density at radius 3 is 1.10 bits per heavy atom. The average Bonchev–Trinajstić information content (AvgIpc) is 3.84. The molecule has 3 aromatic rings. The van der Waals surface area contributed by atoms with Gasteiger partial charge in [0.2, 0.25) is 0 Å². The summed E-state index contributed by atoms with van der Waals surface area (Å²) < 4.78 is 14.8. The number of hydrogen-bond acceptors (Lipinski definition) is 3. The third kappa shape index (κ3) is 13.3. The van der Waals surface area contributed by atoms with Crippen molar-refractivity contribution in [3.8, 4) is 0 Å². The Bertz CT molecular complexity index is 957. The van der Waals surface area contributed by atoms with Gasteiger partial charge in [-0.3, -0.25) is 0 Å². The average molecular weight is 584 g/mol. The van der Waals surface area contributed by atoms with Crippen LogP contribution in [-0.4, -0.2) is 39.6 Å². The molecule has 0 aromatic heterocycles.